The van der Waals surface area contributed by atoms with E-state index in [0.717, 1.165) is 6.54 Å². The maximum atomic E-state index is 5.17. The number of hydrogen-bond acceptors (Lipinski definition) is 3. The van der Waals surface area contributed by atoms with Crippen LogP contribution in [0, 0.1) is 17.3 Å². The lowest BCUT2D eigenvalue weighted by Crippen LogP contribution is -2.48. The zero-order chi connectivity index (χ0) is 13.9. The first kappa shape index (κ1) is 14.8. The minimum atomic E-state index is 0.248. The van der Waals surface area contributed by atoms with Crippen LogP contribution in [0.15, 0.2) is 24.3 Å². The Bertz CT molecular complexity index is 323. The van der Waals surface area contributed by atoms with Crippen molar-refractivity contribution in [3.05, 3.63) is 24.3 Å². The molecule has 108 valence electrons. The number of nitrogens with zero attached hydrogens (tertiary/aromatic N) is 1. The van der Waals surface area contributed by atoms with Crippen molar-refractivity contribution in [2.75, 3.05) is 33.5 Å². The first-order valence-electron chi connectivity index (χ1n) is 7.30. The van der Waals surface area contributed by atoms with E-state index in [9.17, 15) is 0 Å². The average Bonchev–Trinajstić information content (AvgIpc) is 2.75. The molecule has 2 rings (SSSR count). The fraction of sp³-hybridized carbons (Fsp3) is 0.750. The monoisotopic (exact) mass is 264 g/mol. The van der Waals surface area contributed by atoms with Crippen LogP contribution in [-0.2, 0) is 4.74 Å². The van der Waals surface area contributed by atoms with Gasteiger partial charge in [-0.2, -0.15) is 0 Å². The Hall–Kier alpha value is -0.640. The van der Waals surface area contributed by atoms with Crippen LogP contribution in [0.25, 0.3) is 0 Å². The number of methoxy groups -OCH3 is 1. The van der Waals surface area contributed by atoms with Crippen molar-refractivity contribution in [1.82, 2.24) is 10.2 Å². The molecule has 0 aromatic heterocycles. The molecule has 3 nitrogen and oxygen atoms in total. The molecule has 1 heterocycles. The fourth-order valence-electron chi connectivity index (χ4n) is 3.00. The van der Waals surface area contributed by atoms with E-state index in [-0.39, 0.29) is 5.41 Å². The maximum Gasteiger partial charge on any atom is 0.0964 e. The molecule has 3 atom stereocenters. The molecule has 0 bridgehead atoms. The molecule has 1 saturated heterocycles. The van der Waals surface area contributed by atoms with E-state index in [1.54, 1.807) is 7.11 Å². The van der Waals surface area contributed by atoms with Gasteiger partial charge in [0.25, 0.3) is 0 Å². The summed E-state index contributed by atoms with van der Waals surface area (Å²) in [6.45, 7) is 11.0. The van der Waals surface area contributed by atoms with Crippen molar-refractivity contribution in [3.63, 3.8) is 0 Å². The van der Waals surface area contributed by atoms with Gasteiger partial charge in [0, 0.05) is 32.8 Å². The number of fused-ring (bicyclic) bond motifs is 1. The molecule has 0 aromatic rings. The Balaban J connectivity index is 1.91. The first-order valence-corrected chi connectivity index (χ1v) is 7.30. The van der Waals surface area contributed by atoms with Crippen molar-refractivity contribution in [2.45, 2.75) is 26.8 Å². The summed E-state index contributed by atoms with van der Waals surface area (Å²) in [4.78, 5) is 2.59. The van der Waals surface area contributed by atoms with E-state index in [2.05, 4.69) is 55.3 Å². The molecule has 0 aromatic carbocycles. The van der Waals surface area contributed by atoms with Crippen molar-refractivity contribution < 1.29 is 4.74 Å². The van der Waals surface area contributed by atoms with Crippen molar-refractivity contribution >= 4 is 0 Å². The van der Waals surface area contributed by atoms with Gasteiger partial charge in [-0.15, -0.1) is 0 Å². The van der Waals surface area contributed by atoms with Gasteiger partial charge < -0.3 is 9.64 Å². The van der Waals surface area contributed by atoms with E-state index in [0.29, 0.717) is 24.6 Å². The Kier molecular flexibility index (Phi) is 4.82. The van der Waals surface area contributed by atoms with Crippen LogP contribution in [0.4, 0.5) is 0 Å². The standard InChI is InChI=1S/C16H28N2O/c1-16(2,3)15(17-12-19-4)11-18-9-13-7-5-6-8-14(13)10-18/h5-8,13-15,17H,9-12H2,1-4H3/t13?,14?,15-/m1/s1. The van der Waals surface area contributed by atoms with Gasteiger partial charge in [0.05, 0.1) is 6.73 Å². The Morgan fingerprint density at radius 2 is 1.79 bits per heavy atom. The second-order valence-electron chi connectivity index (χ2n) is 6.87. The molecule has 1 N–H and O–H groups in total. The zero-order valence-electron chi connectivity index (χ0n) is 12.7. The maximum absolute atomic E-state index is 5.17. The molecule has 2 unspecified atom stereocenters. The minimum absolute atomic E-state index is 0.248. The molecule has 19 heavy (non-hydrogen) atoms. The van der Waals surface area contributed by atoms with E-state index in [1.165, 1.54) is 13.1 Å². The number of rotatable bonds is 5. The highest BCUT2D eigenvalue weighted by atomic mass is 16.5. The highest BCUT2D eigenvalue weighted by molar-refractivity contribution is 5.17. The predicted molar refractivity (Wildman–Crippen MR) is 80.0 cm³/mol. The lowest BCUT2D eigenvalue weighted by atomic mass is 9.86. The predicted octanol–water partition coefficient (Wildman–Crippen LogP) is 2.27. The van der Waals surface area contributed by atoms with Crippen LogP contribution in [-0.4, -0.2) is 44.4 Å². The number of nitrogens with one attached hydrogen (secondary N) is 1. The van der Waals surface area contributed by atoms with Crippen LogP contribution in [0.2, 0.25) is 0 Å². The molecule has 1 fully saturated rings. The summed E-state index contributed by atoms with van der Waals surface area (Å²) in [7, 11) is 1.74. The molecule has 0 amide bonds. The van der Waals surface area contributed by atoms with Gasteiger partial charge in [-0.1, -0.05) is 45.1 Å². The lowest BCUT2D eigenvalue weighted by molar-refractivity contribution is 0.115. The van der Waals surface area contributed by atoms with Gasteiger partial charge in [0.1, 0.15) is 0 Å². The van der Waals surface area contributed by atoms with Gasteiger partial charge in [-0.3, -0.25) is 5.32 Å². The molecule has 0 spiro atoms. The topological polar surface area (TPSA) is 24.5 Å². The first-order chi connectivity index (χ1) is 9.00. The molecular formula is C16H28N2O. The summed E-state index contributed by atoms with van der Waals surface area (Å²) < 4.78 is 5.17. The fourth-order valence-corrected chi connectivity index (χ4v) is 3.00. The highest BCUT2D eigenvalue weighted by Crippen LogP contribution is 2.30. The van der Waals surface area contributed by atoms with E-state index >= 15 is 0 Å². The summed E-state index contributed by atoms with van der Waals surface area (Å²) in [6, 6.07) is 0.459. The van der Waals surface area contributed by atoms with Crippen LogP contribution in [0.3, 0.4) is 0 Å². The zero-order valence-corrected chi connectivity index (χ0v) is 12.7. The van der Waals surface area contributed by atoms with Crippen molar-refractivity contribution in [2.24, 2.45) is 17.3 Å². The molecular weight excluding hydrogens is 236 g/mol. The van der Waals surface area contributed by atoms with Crippen LogP contribution < -0.4 is 5.32 Å². The van der Waals surface area contributed by atoms with Gasteiger partial charge in [-0.25, -0.2) is 0 Å². The van der Waals surface area contributed by atoms with E-state index < -0.39 is 0 Å². The Morgan fingerprint density at radius 3 is 2.26 bits per heavy atom. The number of allylic oxidation sites excluding steroid dienone is 2. The number of likely N-dealkylation sites (tertiary alicyclic amines) is 1. The SMILES string of the molecule is COCN[C@H](CN1CC2C=CC=CC2C1)C(C)(C)C. The van der Waals surface area contributed by atoms with Gasteiger partial charge in [0.2, 0.25) is 0 Å². The third-order valence-corrected chi connectivity index (χ3v) is 4.28. The quantitative estimate of drug-likeness (QED) is 0.771. The van der Waals surface area contributed by atoms with Gasteiger partial charge in [0.15, 0.2) is 0 Å². The molecule has 1 aliphatic carbocycles. The number of ether oxygens (including phenoxy) is 1. The highest BCUT2D eigenvalue weighted by Gasteiger charge is 2.33. The molecule has 0 saturated carbocycles. The molecule has 3 heteroatoms. The summed E-state index contributed by atoms with van der Waals surface area (Å²) >= 11 is 0. The van der Waals surface area contributed by atoms with Crippen LogP contribution in [0.1, 0.15) is 20.8 Å². The van der Waals surface area contributed by atoms with Gasteiger partial charge in [-0.05, 0) is 17.3 Å². The third-order valence-electron chi connectivity index (χ3n) is 4.28. The average molecular weight is 264 g/mol. The minimum Gasteiger partial charge on any atom is -0.370 e. The molecule has 0 radical (unpaired) electrons. The second-order valence-corrected chi connectivity index (χ2v) is 6.87. The molecule has 2 aliphatic rings. The largest absolute Gasteiger partial charge is 0.370 e. The van der Waals surface area contributed by atoms with E-state index in [4.69, 9.17) is 4.74 Å². The summed E-state index contributed by atoms with van der Waals surface area (Å²) in [6.07, 6.45) is 9.10. The van der Waals surface area contributed by atoms with Crippen molar-refractivity contribution in [3.8, 4) is 0 Å². The van der Waals surface area contributed by atoms with Gasteiger partial charge >= 0.3 is 0 Å². The smallest absolute Gasteiger partial charge is 0.0964 e. The lowest BCUT2D eigenvalue weighted by Gasteiger charge is -2.34. The second kappa shape index (κ2) is 6.21. The third kappa shape index (κ3) is 3.91. The Labute approximate surface area is 117 Å². The van der Waals surface area contributed by atoms with Crippen molar-refractivity contribution in [1.29, 1.82) is 0 Å². The molecule has 1 aliphatic heterocycles. The Morgan fingerprint density at radius 1 is 1.21 bits per heavy atom. The summed E-state index contributed by atoms with van der Waals surface area (Å²) in [5.74, 6) is 1.43. The van der Waals surface area contributed by atoms with E-state index in [1.807, 2.05) is 0 Å². The van der Waals surface area contributed by atoms with Crippen LogP contribution >= 0.6 is 0 Å². The van der Waals surface area contributed by atoms with Crippen LogP contribution in [0.5, 0.6) is 0 Å². The number of hydrogen-bond donors (Lipinski definition) is 1. The summed E-state index contributed by atoms with van der Waals surface area (Å²) in [5.41, 5.74) is 0.248. The normalized spacial score (nSPS) is 28.6. The summed E-state index contributed by atoms with van der Waals surface area (Å²) in [5, 5.41) is 3.52.